The van der Waals surface area contributed by atoms with Gasteiger partial charge in [-0.05, 0) is 42.8 Å². The summed E-state index contributed by atoms with van der Waals surface area (Å²) in [7, 11) is -3.39. The van der Waals surface area contributed by atoms with Crippen LogP contribution in [0.1, 0.15) is 38.0 Å². The second kappa shape index (κ2) is 8.82. The quantitative estimate of drug-likeness (QED) is 0.643. The van der Waals surface area contributed by atoms with Gasteiger partial charge in [-0.25, -0.2) is 0 Å². The fourth-order valence-corrected chi connectivity index (χ4v) is 4.93. The minimum absolute atomic E-state index is 0.0237. The van der Waals surface area contributed by atoms with E-state index in [1.807, 2.05) is 61.5 Å². The fourth-order valence-electron chi connectivity index (χ4n) is 2.53. The Labute approximate surface area is 167 Å². The molecule has 0 amide bonds. The van der Waals surface area contributed by atoms with Crippen LogP contribution in [0, 0.1) is 6.92 Å². The van der Waals surface area contributed by atoms with Crippen LogP contribution >= 0.6 is 0 Å². The highest BCUT2D eigenvalue weighted by atomic mass is 32.2. The maximum absolute atomic E-state index is 12.8. The first-order chi connectivity index (χ1) is 12.5. The zero-order chi connectivity index (χ0) is 20.2. The molecule has 1 N–H and O–H groups in total. The molecule has 0 aliphatic heterocycles. The lowest BCUT2D eigenvalue weighted by Gasteiger charge is -2.40. The molecule has 0 unspecified atom stereocenters. The minimum atomic E-state index is -2.11. The van der Waals surface area contributed by atoms with Crippen molar-refractivity contribution >= 4 is 19.1 Å². The second-order valence-electron chi connectivity index (χ2n) is 8.60. The molecule has 0 bridgehead atoms. The minimum Gasteiger partial charge on any atom is -0.407 e. The molecule has 0 aliphatic carbocycles. The molecule has 0 saturated heterocycles. The van der Waals surface area contributed by atoms with Gasteiger partial charge in [0.2, 0.25) is 0 Å². The number of aryl methyl sites for hydroxylation is 1. The molecule has 0 saturated carbocycles. The highest BCUT2D eigenvalue weighted by Gasteiger charge is 2.41. The molecule has 148 valence electrons. The van der Waals surface area contributed by atoms with E-state index in [0.29, 0.717) is 0 Å². The van der Waals surface area contributed by atoms with Crippen molar-refractivity contribution in [3.8, 4) is 0 Å². The van der Waals surface area contributed by atoms with E-state index in [1.165, 1.54) is 0 Å². The van der Waals surface area contributed by atoms with Crippen molar-refractivity contribution in [2.24, 2.45) is 0 Å². The largest absolute Gasteiger partial charge is 0.407 e. The van der Waals surface area contributed by atoms with E-state index in [2.05, 4.69) is 33.9 Å². The first kappa shape index (κ1) is 22.0. The Morgan fingerprint density at radius 2 is 1.59 bits per heavy atom. The topological polar surface area (TPSA) is 46.5 Å². The van der Waals surface area contributed by atoms with Gasteiger partial charge in [-0.15, -0.1) is 0 Å². The number of aliphatic hydroxyl groups excluding tert-OH is 1. The van der Waals surface area contributed by atoms with Crippen LogP contribution in [0.15, 0.2) is 59.5 Å². The van der Waals surface area contributed by atoms with Gasteiger partial charge < -0.3 is 9.53 Å². The van der Waals surface area contributed by atoms with Crippen LogP contribution in [0.4, 0.5) is 0 Å². The molecule has 2 aromatic rings. The Bertz CT molecular complexity index is 751. The third-order valence-corrected chi connectivity index (χ3v) is 11.2. The summed E-state index contributed by atoms with van der Waals surface area (Å²) in [5.41, 5.74) is 2.05. The summed E-state index contributed by atoms with van der Waals surface area (Å²) in [4.78, 5) is 0.735. The van der Waals surface area contributed by atoms with Crippen molar-refractivity contribution in [3.63, 3.8) is 0 Å². The first-order valence-corrected chi connectivity index (χ1v) is 13.6. The molecular formula is C22H32O3SSi. The zero-order valence-corrected chi connectivity index (χ0v) is 19.0. The van der Waals surface area contributed by atoms with Crippen molar-refractivity contribution in [1.82, 2.24) is 0 Å². The van der Waals surface area contributed by atoms with Crippen LogP contribution in [0.25, 0.3) is 0 Å². The average Bonchev–Trinajstić information content (AvgIpc) is 2.60. The van der Waals surface area contributed by atoms with Crippen LogP contribution in [-0.2, 0) is 15.2 Å². The maximum atomic E-state index is 12.8. The first-order valence-electron chi connectivity index (χ1n) is 9.37. The predicted molar refractivity (Wildman–Crippen MR) is 116 cm³/mol. The summed E-state index contributed by atoms with van der Waals surface area (Å²) in [6.45, 7) is 12.9. The molecule has 5 heteroatoms. The van der Waals surface area contributed by atoms with E-state index >= 15 is 0 Å². The van der Waals surface area contributed by atoms with Gasteiger partial charge in [-0.2, -0.15) is 0 Å². The van der Waals surface area contributed by atoms with Crippen molar-refractivity contribution in [3.05, 3.63) is 65.7 Å². The molecule has 3 nitrogen and oxygen atoms in total. The smallest absolute Gasteiger partial charge is 0.193 e. The van der Waals surface area contributed by atoms with Crippen LogP contribution in [-0.4, -0.2) is 29.5 Å². The lowest BCUT2D eigenvalue weighted by Crippen LogP contribution is -2.44. The van der Waals surface area contributed by atoms with Gasteiger partial charge in [-0.1, -0.05) is 68.8 Å². The molecule has 0 spiro atoms. The number of aliphatic hydroxyl groups is 1. The van der Waals surface area contributed by atoms with Crippen LogP contribution in [0.5, 0.6) is 0 Å². The van der Waals surface area contributed by atoms with E-state index < -0.39 is 31.3 Å². The van der Waals surface area contributed by atoms with Crippen molar-refractivity contribution in [2.45, 2.75) is 62.9 Å². The van der Waals surface area contributed by atoms with Gasteiger partial charge in [0, 0.05) is 4.90 Å². The maximum Gasteiger partial charge on any atom is 0.193 e. The Hall–Kier alpha value is -1.27. The Morgan fingerprint density at radius 1 is 1.04 bits per heavy atom. The second-order valence-corrected chi connectivity index (χ2v) is 14.9. The molecular weight excluding hydrogens is 372 g/mol. The van der Waals surface area contributed by atoms with E-state index in [9.17, 15) is 9.32 Å². The van der Waals surface area contributed by atoms with Crippen LogP contribution in [0.3, 0.4) is 0 Å². The standard InChI is InChI=1S/C22H32O3SSi/c1-17-12-14-19(15-13-17)26(24)16-20(23)21(18-10-8-7-9-11-18)25-27(5,6)22(2,3)4/h7-15,20-21,23H,16H2,1-6H3/t20-,21+,26-/m1/s1. The zero-order valence-electron chi connectivity index (χ0n) is 17.2. The third-order valence-electron chi connectivity index (χ3n) is 5.31. The molecule has 2 rings (SSSR count). The van der Waals surface area contributed by atoms with Crippen molar-refractivity contribution in [2.75, 3.05) is 5.75 Å². The van der Waals surface area contributed by atoms with E-state index in [-0.39, 0.29) is 10.8 Å². The fraction of sp³-hybridized carbons (Fsp3) is 0.455. The normalized spacial score (nSPS) is 16.0. The van der Waals surface area contributed by atoms with Gasteiger partial charge in [0.1, 0.15) is 0 Å². The predicted octanol–water partition coefficient (Wildman–Crippen LogP) is 5.23. The lowest BCUT2D eigenvalue weighted by atomic mass is 10.1. The van der Waals surface area contributed by atoms with Crippen LogP contribution < -0.4 is 0 Å². The average molecular weight is 405 g/mol. The number of hydrogen-bond acceptors (Lipinski definition) is 3. The summed E-state index contributed by atoms with van der Waals surface area (Å²) < 4.78 is 19.3. The molecule has 0 fully saturated rings. The highest BCUT2D eigenvalue weighted by molar-refractivity contribution is 7.85. The van der Waals surface area contributed by atoms with E-state index in [1.54, 1.807) is 0 Å². The van der Waals surface area contributed by atoms with Gasteiger partial charge >= 0.3 is 0 Å². The number of benzene rings is 2. The summed E-state index contributed by atoms with van der Waals surface area (Å²) in [5.74, 6) is 0.150. The molecule has 0 heterocycles. The summed E-state index contributed by atoms with van der Waals surface area (Å²) in [6, 6.07) is 17.4. The lowest BCUT2D eigenvalue weighted by molar-refractivity contribution is 0.0410. The van der Waals surface area contributed by atoms with E-state index in [0.717, 1.165) is 16.0 Å². The van der Waals surface area contributed by atoms with Gasteiger partial charge in [0.05, 0.1) is 28.8 Å². The van der Waals surface area contributed by atoms with Crippen LogP contribution in [0.2, 0.25) is 18.1 Å². The van der Waals surface area contributed by atoms with Crippen molar-refractivity contribution in [1.29, 1.82) is 0 Å². The molecule has 27 heavy (non-hydrogen) atoms. The summed E-state index contributed by atoms with van der Waals surface area (Å²) in [6.07, 6.45) is -1.33. The molecule has 3 atom stereocenters. The van der Waals surface area contributed by atoms with Gasteiger partial charge in [0.15, 0.2) is 8.32 Å². The Kier molecular flexibility index (Phi) is 7.19. The monoisotopic (exact) mass is 404 g/mol. The van der Waals surface area contributed by atoms with E-state index in [4.69, 9.17) is 4.43 Å². The molecule has 2 aromatic carbocycles. The van der Waals surface area contributed by atoms with Gasteiger partial charge in [0.25, 0.3) is 0 Å². The van der Waals surface area contributed by atoms with Crippen molar-refractivity contribution < 1.29 is 13.7 Å². The highest BCUT2D eigenvalue weighted by Crippen LogP contribution is 2.40. The SMILES string of the molecule is Cc1ccc([S@](=O)C[C@@H](O)[C@@H](O[Si](C)(C)C(C)(C)C)c2ccccc2)cc1. The molecule has 0 radical (unpaired) electrons. The third kappa shape index (κ3) is 5.85. The van der Waals surface area contributed by atoms with Gasteiger partial charge in [-0.3, -0.25) is 4.21 Å². The number of rotatable bonds is 7. The Morgan fingerprint density at radius 3 is 2.11 bits per heavy atom. The Balaban J connectivity index is 2.24. The summed E-state index contributed by atoms with van der Waals surface area (Å²) in [5, 5.41) is 11.0. The molecule has 0 aromatic heterocycles. The summed E-state index contributed by atoms with van der Waals surface area (Å²) >= 11 is 0. The number of hydrogen-bond donors (Lipinski definition) is 1. The molecule has 0 aliphatic rings.